The van der Waals surface area contributed by atoms with E-state index >= 15 is 0 Å². The number of ketones is 2. The summed E-state index contributed by atoms with van der Waals surface area (Å²) in [7, 11) is 4.52. The van der Waals surface area contributed by atoms with Crippen LogP contribution in [-0.4, -0.2) is 16.1 Å². The third-order valence-electron chi connectivity index (χ3n) is 5.50. The van der Waals surface area contributed by atoms with Gasteiger partial charge in [0.05, 0.1) is 16.8 Å². The minimum absolute atomic E-state index is 0.153. The van der Waals surface area contributed by atoms with Gasteiger partial charge in [-0.05, 0) is 29.4 Å². The highest BCUT2D eigenvalue weighted by Crippen LogP contribution is 2.33. The Morgan fingerprint density at radius 3 is 2.38 bits per heavy atom. The monoisotopic (exact) mass is 399 g/mol. The van der Waals surface area contributed by atoms with Crippen LogP contribution in [0.2, 0.25) is 0 Å². The van der Waals surface area contributed by atoms with Gasteiger partial charge < -0.3 is 8.98 Å². The molecule has 4 aromatic rings. The number of nitrogens with zero attached hydrogens (tertiary/aromatic N) is 1. The molecular weight excluding hydrogens is 381 g/mol. The first kappa shape index (κ1) is 17.8. The molecule has 1 unspecified atom stereocenters. The van der Waals surface area contributed by atoms with Crippen molar-refractivity contribution < 1.29 is 14.0 Å². The van der Waals surface area contributed by atoms with E-state index < -0.39 is 0 Å². The van der Waals surface area contributed by atoms with Crippen molar-refractivity contribution >= 4 is 43.3 Å². The van der Waals surface area contributed by atoms with Crippen molar-refractivity contribution in [2.75, 3.05) is 0 Å². The maximum absolute atomic E-state index is 12.9. The fourth-order valence-corrected chi connectivity index (χ4v) is 4.37. The summed E-state index contributed by atoms with van der Waals surface area (Å²) in [5.74, 6) is 0.0130. The highest BCUT2D eigenvalue weighted by Gasteiger charge is 2.36. The molecule has 0 amide bonds. The van der Waals surface area contributed by atoms with Crippen molar-refractivity contribution in [3.05, 3.63) is 82.6 Å². The lowest BCUT2D eigenvalue weighted by Crippen LogP contribution is -2.07. The molecule has 5 rings (SSSR count). The average molecular weight is 399 g/mol. The number of Topliss-reactive ketones (excluding diaryl/α,β-unsaturated/α-hetero) is 2. The number of hydrogen-bond donors (Lipinski definition) is 0. The van der Waals surface area contributed by atoms with E-state index in [4.69, 9.17) is 4.42 Å². The molecule has 0 fully saturated rings. The van der Waals surface area contributed by atoms with Crippen LogP contribution in [0.3, 0.4) is 0 Å². The van der Waals surface area contributed by atoms with Gasteiger partial charge >= 0.3 is 0 Å². The highest BCUT2D eigenvalue weighted by molar-refractivity contribution is 7.27. The third kappa shape index (κ3) is 2.64. The van der Waals surface area contributed by atoms with Gasteiger partial charge in [0.2, 0.25) is 0 Å². The zero-order valence-electron chi connectivity index (χ0n) is 16.0. The van der Waals surface area contributed by atoms with Gasteiger partial charge in [0.25, 0.3) is 0 Å². The largest absolute Gasteiger partial charge is 0.455 e. The lowest BCUT2D eigenvalue weighted by molar-refractivity contribution is 0.0990. The summed E-state index contributed by atoms with van der Waals surface area (Å²) in [4.78, 5) is 25.8. The van der Waals surface area contributed by atoms with E-state index in [1.807, 2.05) is 73.1 Å². The standard InChI is InChI=1S/C24H18NO3P/c1-13-8-9-20(29)22-21(13)23(26)16(24(22)27)10-15-11-18-19(28-15)12-17(25(18)2)14-6-4-3-5-7-14/h3-12H,29H2,1-2H3/b16-10-. The molecule has 0 saturated carbocycles. The number of allylic oxidation sites excluding steroid dienone is 1. The van der Waals surface area contributed by atoms with Crippen LogP contribution >= 0.6 is 9.24 Å². The molecule has 0 aliphatic heterocycles. The minimum Gasteiger partial charge on any atom is -0.455 e. The molecule has 0 saturated heterocycles. The van der Waals surface area contributed by atoms with Gasteiger partial charge in [-0.3, -0.25) is 9.59 Å². The molecule has 2 aromatic carbocycles. The van der Waals surface area contributed by atoms with Crippen molar-refractivity contribution in [3.8, 4) is 11.3 Å². The molecule has 1 aliphatic rings. The molecular formula is C24H18NO3P. The summed E-state index contributed by atoms with van der Waals surface area (Å²) >= 11 is 0. The molecule has 1 aliphatic carbocycles. The Kier molecular flexibility index (Phi) is 3.94. The molecule has 0 radical (unpaired) electrons. The van der Waals surface area contributed by atoms with Gasteiger partial charge in [-0.2, -0.15) is 0 Å². The first-order chi connectivity index (χ1) is 14.0. The highest BCUT2D eigenvalue weighted by atomic mass is 31.0. The summed E-state index contributed by atoms with van der Waals surface area (Å²) < 4.78 is 8.01. The van der Waals surface area contributed by atoms with Crippen molar-refractivity contribution in [1.29, 1.82) is 0 Å². The van der Waals surface area contributed by atoms with E-state index in [1.54, 1.807) is 6.08 Å². The van der Waals surface area contributed by atoms with Gasteiger partial charge in [-0.1, -0.05) is 42.5 Å². The predicted octanol–water partition coefficient (Wildman–Crippen LogP) is 4.71. The SMILES string of the molecule is Cc1ccc(P)c2c1C(=O)/C(=C/c1cc3c(cc(-c4ccccc4)n3C)o1)C2=O. The second kappa shape index (κ2) is 6.40. The van der Waals surface area contributed by atoms with Crippen LogP contribution in [0.25, 0.3) is 28.4 Å². The van der Waals surface area contributed by atoms with Crippen molar-refractivity contribution in [3.63, 3.8) is 0 Å². The van der Waals surface area contributed by atoms with E-state index in [1.165, 1.54) is 0 Å². The maximum Gasteiger partial charge on any atom is 0.198 e. The first-order valence-corrected chi connectivity index (χ1v) is 9.88. The number of furan rings is 1. The number of fused-ring (bicyclic) bond motifs is 2. The number of aromatic nitrogens is 1. The Balaban J connectivity index is 1.58. The molecule has 2 aromatic heterocycles. The quantitative estimate of drug-likeness (QED) is 0.279. The molecule has 5 heteroatoms. The topological polar surface area (TPSA) is 52.2 Å². The lowest BCUT2D eigenvalue weighted by Gasteiger charge is -2.03. The second-order valence-corrected chi connectivity index (χ2v) is 7.91. The summed E-state index contributed by atoms with van der Waals surface area (Å²) in [5.41, 5.74) is 5.71. The normalized spacial score (nSPS) is 14.9. The van der Waals surface area contributed by atoms with E-state index in [-0.39, 0.29) is 17.1 Å². The molecule has 0 N–H and O–H groups in total. The van der Waals surface area contributed by atoms with Crippen LogP contribution in [0.15, 0.2) is 64.6 Å². The number of aryl methyl sites for hydroxylation is 2. The second-order valence-electron chi connectivity index (χ2n) is 7.29. The summed E-state index contributed by atoms with van der Waals surface area (Å²) in [6, 6.07) is 17.6. The molecule has 1 atom stereocenters. The summed E-state index contributed by atoms with van der Waals surface area (Å²) in [5, 5.41) is 0.740. The molecule has 0 bridgehead atoms. The Morgan fingerprint density at radius 2 is 1.69 bits per heavy atom. The van der Waals surface area contributed by atoms with Crippen LogP contribution in [0.4, 0.5) is 0 Å². The van der Waals surface area contributed by atoms with Crippen molar-refractivity contribution in [2.24, 2.45) is 7.05 Å². The fraction of sp³-hybridized carbons (Fsp3) is 0.0833. The number of benzene rings is 2. The molecule has 0 spiro atoms. The molecule has 2 heterocycles. The Hall–Kier alpha value is -3.23. The number of hydrogen-bond acceptors (Lipinski definition) is 3. The zero-order chi connectivity index (χ0) is 20.3. The Labute approximate surface area is 170 Å². The number of rotatable bonds is 2. The van der Waals surface area contributed by atoms with Gasteiger partial charge in [0.15, 0.2) is 17.1 Å². The van der Waals surface area contributed by atoms with Crippen molar-refractivity contribution in [1.82, 2.24) is 4.57 Å². The number of carbonyl (C=O) groups is 2. The van der Waals surface area contributed by atoms with Gasteiger partial charge in [-0.25, -0.2) is 0 Å². The lowest BCUT2D eigenvalue weighted by atomic mass is 10.0. The average Bonchev–Trinajstić information content (AvgIpc) is 3.33. The van der Waals surface area contributed by atoms with Crippen LogP contribution in [0, 0.1) is 6.92 Å². The minimum atomic E-state index is -0.246. The number of carbonyl (C=O) groups excluding carboxylic acids is 2. The summed E-state index contributed by atoms with van der Waals surface area (Å²) in [6.45, 7) is 1.85. The van der Waals surface area contributed by atoms with Crippen LogP contribution in [0.5, 0.6) is 0 Å². The summed E-state index contributed by atoms with van der Waals surface area (Å²) in [6.07, 6.45) is 1.57. The molecule has 4 nitrogen and oxygen atoms in total. The van der Waals surface area contributed by atoms with E-state index in [0.717, 1.165) is 33.2 Å². The Bertz CT molecular complexity index is 1310. The van der Waals surface area contributed by atoms with Gasteiger partial charge in [-0.15, -0.1) is 9.24 Å². The zero-order valence-corrected chi connectivity index (χ0v) is 17.2. The Morgan fingerprint density at radius 1 is 0.966 bits per heavy atom. The smallest absolute Gasteiger partial charge is 0.198 e. The van der Waals surface area contributed by atoms with Crippen LogP contribution in [0.1, 0.15) is 32.0 Å². The van der Waals surface area contributed by atoms with E-state index in [2.05, 4.69) is 9.24 Å². The third-order valence-corrected chi connectivity index (χ3v) is 5.98. The first-order valence-electron chi connectivity index (χ1n) is 9.30. The molecule has 142 valence electrons. The van der Waals surface area contributed by atoms with E-state index in [0.29, 0.717) is 16.9 Å². The van der Waals surface area contributed by atoms with Crippen LogP contribution < -0.4 is 5.30 Å². The van der Waals surface area contributed by atoms with E-state index in [9.17, 15) is 9.59 Å². The van der Waals surface area contributed by atoms with Crippen LogP contribution in [-0.2, 0) is 7.05 Å². The predicted molar refractivity (Wildman–Crippen MR) is 118 cm³/mol. The fourth-order valence-electron chi connectivity index (χ4n) is 3.99. The molecule has 29 heavy (non-hydrogen) atoms. The van der Waals surface area contributed by atoms with Crippen molar-refractivity contribution in [2.45, 2.75) is 6.92 Å². The maximum atomic E-state index is 12.9. The van der Waals surface area contributed by atoms with Gasteiger partial charge in [0.1, 0.15) is 5.76 Å². The van der Waals surface area contributed by atoms with Gasteiger partial charge in [0, 0.05) is 30.3 Å².